The zero-order chi connectivity index (χ0) is 23.2. The van der Waals surface area contributed by atoms with Crippen LogP contribution in [0.25, 0.3) is 11.8 Å². The van der Waals surface area contributed by atoms with E-state index in [1.807, 2.05) is 35.1 Å². The van der Waals surface area contributed by atoms with Crippen molar-refractivity contribution in [2.45, 2.75) is 51.6 Å². The van der Waals surface area contributed by atoms with E-state index in [1.165, 1.54) is 24.6 Å². The molecule has 0 bridgehead atoms. The first-order chi connectivity index (χ1) is 15.8. The summed E-state index contributed by atoms with van der Waals surface area (Å²) in [5.74, 6) is -0.371. The number of carbonyl (C=O) groups is 1. The van der Waals surface area contributed by atoms with Gasteiger partial charge in [0.05, 0.1) is 23.2 Å². The third-order valence-corrected chi connectivity index (χ3v) is 7.49. The van der Waals surface area contributed by atoms with E-state index >= 15 is 0 Å². The molecule has 5 rings (SSSR count). The molecule has 6 heteroatoms. The summed E-state index contributed by atoms with van der Waals surface area (Å²) in [7, 11) is 0. The maximum absolute atomic E-state index is 13.4. The lowest BCUT2D eigenvalue weighted by Crippen LogP contribution is -2.45. The number of nitrogens with one attached hydrogen (secondary N) is 1. The van der Waals surface area contributed by atoms with Gasteiger partial charge >= 0.3 is 0 Å². The number of benzene rings is 2. The Labute approximate surface area is 193 Å². The molecule has 170 valence electrons. The molecule has 1 unspecified atom stereocenters. The van der Waals surface area contributed by atoms with Crippen molar-refractivity contribution in [3.05, 3.63) is 82.9 Å². The normalized spacial score (nSPS) is 23.6. The lowest BCUT2D eigenvalue weighted by atomic mass is 9.65. The van der Waals surface area contributed by atoms with Crippen molar-refractivity contribution >= 4 is 17.7 Å². The minimum atomic E-state index is -0.849. The van der Waals surface area contributed by atoms with Gasteiger partial charge in [-0.3, -0.25) is 4.79 Å². The summed E-state index contributed by atoms with van der Waals surface area (Å²) in [6.45, 7) is 3.66. The van der Waals surface area contributed by atoms with E-state index in [2.05, 4.69) is 23.4 Å². The Balaban J connectivity index is 1.41. The predicted octanol–water partition coefficient (Wildman–Crippen LogP) is 5.07. The van der Waals surface area contributed by atoms with Crippen LogP contribution in [0.3, 0.4) is 0 Å². The average Bonchev–Trinajstić information content (AvgIpc) is 3.30. The van der Waals surface area contributed by atoms with Gasteiger partial charge in [-0.1, -0.05) is 30.7 Å². The molecule has 0 spiro atoms. The van der Waals surface area contributed by atoms with E-state index < -0.39 is 5.60 Å². The number of aromatic nitrogens is 2. The number of hydrogen-bond donors (Lipinski definition) is 2. The van der Waals surface area contributed by atoms with Crippen LogP contribution in [0.4, 0.5) is 10.1 Å². The first-order valence-electron chi connectivity index (χ1n) is 11.4. The maximum Gasteiger partial charge on any atom is 0.221 e. The molecule has 2 aliphatic carbocycles. The molecule has 2 atom stereocenters. The molecule has 2 aliphatic rings. The van der Waals surface area contributed by atoms with E-state index in [1.54, 1.807) is 12.1 Å². The van der Waals surface area contributed by atoms with E-state index in [0.29, 0.717) is 25.7 Å². The summed E-state index contributed by atoms with van der Waals surface area (Å²) in [5.41, 5.74) is 4.76. The Hall–Kier alpha value is -3.25. The number of rotatable bonds is 5. The Kier molecular flexibility index (Phi) is 5.20. The van der Waals surface area contributed by atoms with Crippen LogP contribution in [0.15, 0.2) is 60.3 Å². The summed E-state index contributed by atoms with van der Waals surface area (Å²) in [4.78, 5) is 11.6. The summed E-state index contributed by atoms with van der Waals surface area (Å²) in [5, 5.41) is 19.3. The number of amides is 1. The van der Waals surface area contributed by atoms with Crippen LogP contribution in [-0.4, -0.2) is 26.4 Å². The lowest BCUT2D eigenvalue weighted by Gasteiger charge is -2.42. The molecule has 1 aromatic heterocycles. The molecule has 2 aromatic carbocycles. The topological polar surface area (TPSA) is 67.2 Å². The second-order valence-electron chi connectivity index (χ2n) is 9.49. The van der Waals surface area contributed by atoms with Crippen LogP contribution >= 0.6 is 0 Å². The maximum atomic E-state index is 13.4. The highest BCUT2D eigenvalue weighted by Gasteiger charge is 2.54. The number of carbonyl (C=O) groups excluding carboxylic acids is 1. The Morgan fingerprint density at radius 3 is 2.73 bits per heavy atom. The summed E-state index contributed by atoms with van der Waals surface area (Å²) in [6.07, 6.45) is 7.55. The number of para-hydroxylation sites is 1. The molecule has 1 heterocycles. The highest BCUT2D eigenvalue weighted by molar-refractivity contribution is 5.89. The first-order valence-corrected chi connectivity index (χ1v) is 11.4. The molecule has 33 heavy (non-hydrogen) atoms. The number of aryl methyl sites for hydroxylation is 1. The van der Waals surface area contributed by atoms with Crippen LogP contribution in [0.5, 0.6) is 0 Å². The third-order valence-electron chi connectivity index (χ3n) is 7.49. The molecule has 1 amide bonds. The van der Waals surface area contributed by atoms with Gasteiger partial charge in [0.15, 0.2) is 0 Å². The lowest BCUT2D eigenvalue weighted by molar-refractivity contribution is -0.114. The summed E-state index contributed by atoms with van der Waals surface area (Å²) >= 11 is 0. The quantitative estimate of drug-likeness (QED) is 0.576. The third kappa shape index (κ3) is 3.68. The van der Waals surface area contributed by atoms with Crippen molar-refractivity contribution < 1.29 is 14.3 Å². The molecule has 3 aromatic rings. The van der Waals surface area contributed by atoms with E-state index in [0.717, 1.165) is 34.6 Å². The van der Waals surface area contributed by atoms with Gasteiger partial charge in [-0.2, -0.15) is 5.10 Å². The molecule has 1 saturated carbocycles. The Morgan fingerprint density at radius 2 is 1.97 bits per heavy atom. The summed E-state index contributed by atoms with van der Waals surface area (Å²) < 4.78 is 15.2. The van der Waals surface area contributed by atoms with Gasteiger partial charge in [-0.05, 0) is 79.6 Å². The molecule has 1 fully saturated rings. The highest BCUT2D eigenvalue weighted by Crippen LogP contribution is 2.56. The van der Waals surface area contributed by atoms with Gasteiger partial charge in [0.1, 0.15) is 5.82 Å². The minimum absolute atomic E-state index is 0.0998. The summed E-state index contributed by atoms with van der Waals surface area (Å²) in [6, 6.07) is 14.1. The average molecular weight is 446 g/mol. The van der Waals surface area contributed by atoms with Crippen LogP contribution in [0, 0.1) is 11.2 Å². The molecule has 2 N–H and O–H groups in total. The number of anilines is 1. The monoisotopic (exact) mass is 445 g/mol. The highest BCUT2D eigenvalue weighted by atomic mass is 19.1. The van der Waals surface area contributed by atoms with E-state index in [9.17, 15) is 14.3 Å². The smallest absolute Gasteiger partial charge is 0.221 e. The fourth-order valence-corrected chi connectivity index (χ4v) is 5.51. The second kappa shape index (κ2) is 7.96. The van der Waals surface area contributed by atoms with Crippen molar-refractivity contribution in [3.63, 3.8) is 0 Å². The minimum Gasteiger partial charge on any atom is -0.389 e. The number of aliphatic hydroxyl groups is 1. The SMILES string of the molecule is CC(=O)Nc1ccccc1CC[C@]1(O)CCC2=Cc3c(cnn3-c3ccc(F)cc3)CC21C. The predicted molar refractivity (Wildman–Crippen MR) is 127 cm³/mol. The Morgan fingerprint density at radius 1 is 1.21 bits per heavy atom. The number of nitrogens with zero attached hydrogens (tertiary/aromatic N) is 2. The van der Waals surface area contributed by atoms with E-state index in [-0.39, 0.29) is 17.1 Å². The molecular weight excluding hydrogens is 417 g/mol. The number of halogens is 1. The largest absolute Gasteiger partial charge is 0.389 e. The van der Waals surface area contributed by atoms with Crippen molar-refractivity contribution in [1.29, 1.82) is 0 Å². The fraction of sp³-hybridized carbons (Fsp3) is 0.333. The van der Waals surface area contributed by atoms with Crippen molar-refractivity contribution in [2.24, 2.45) is 5.41 Å². The standard InChI is InChI=1S/C27H28FN3O2/c1-18(32)30-24-6-4-3-5-19(24)11-13-27(33)14-12-21-15-25-20(16-26(21,27)2)17-29-31(25)23-9-7-22(28)8-10-23/h3-10,15,17,33H,11-14,16H2,1-2H3,(H,30,32)/t26?,27-/m0/s1. The van der Waals surface area contributed by atoms with Crippen molar-refractivity contribution in [2.75, 3.05) is 5.32 Å². The van der Waals surface area contributed by atoms with Gasteiger partial charge in [0.25, 0.3) is 0 Å². The van der Waals surface area contributed by atoms with Crippen LogP contribution in [0.2, 0.25) is 0 Å². The van der Waals surface area contributed by atoms with Crippen molar-refractivity contribution in [1.82, 2.24) is 9.78 Å². The van der Waals surface area contributed by atoms with Crippen LogP contribution < -0.4 is 5.32 Å². The van der Waals surface area contributed by atoms with Crippen molar-refractivity contribution in [3.8, 4) is 5.69 Å². The number of fused-ring (bicyclic) bond motifs is 2. The van der Waals surface area contributed by atoms with Gasteiger partial charge in [0.2, 0.25) is 5.91 Å². The van der Waals surface area contributed by atoms with E-state index in [4.69, 9.17) is 0 Å². The second-order valence-corrected chi connectivity index (χ2v) is 9.49. The van der Waals surface area contributed by atoms with Crippen LogP contribution in [-0.2, 0) is 17.6 Å². The zero-order valence-corrected chi connectivity index (χ0v) is 18.9. The molecule has 0 radical (unpaired) electrons. The van der Waals surface area contributed by atoms with Crippen LogP contribution in [0.1, 0.15) is 49.9 Å². The molecule has 5 nitrogen and oxygen atoms in total. The van der Waals surface area contributed by atoms with Gasteiger partial charge in [-0.15, -0.1) is 0 Å². The number of hydrogen-bond acceptors (Lipinski definition) is 3. The molecule has 0 aliphatic heterocycles. The van der Waals surface area contributed by atoms with Gasteiger partial charge in [-0.25, -0.2) is 9.07 Å². The van der Waals surface area contributed by atoms with Gasteiger partial charge in [0, 0.05) is 18.0 Å². The fourth-order valence-electron chi connectivity index (χ4n) is 5.51. The molecular formula is C27H28FN3O2. The Bertz CT molecular complexity index is 1250. The van der Waals surface area contributed by atoms with Gasteiger partial charge < -0.3 is 10.4 Å². The molecule has 0 saturated heterocycles. The first kappa shape index (κ1) is 21.6. The zero-order valence-electron chi connectivity index (χ0n) is 18.9.